The van der Waals surface area contributed by atoms with Crippen LogP contribution in [0.5, 0.6) is 0 Å². The number of aromatic nitrogens is 1. The minimum Gasteiger partial charge on any atom is -0.383 e. The quantitative estimate of drug-likeness (QED) is 0.770. The number of methoxy groups -OCH3 is 1. The van der Waals surface area contributed by atoms with Crippen molar-refractivity contribution in [2.75, 3.05) is 32.1 Å². The van der Waals surface area contributed by atoms with E-state index in [9.17, 15) is 4.79 Å². The number of amides is 1. The molecule has 100 valence electrons. The molecular weight excluding hydrogens is 242 g/mol. The Morgan fingerprint density at radius 2 is 2.26 bits per heavy atom. The first-order chi connectivity index (χ1) is 9.29. The molecule has 1 amide bonds. The molecule has 1 heterocycles. The van der Waals surface area contributed by atoms with Crippen molar-refractivity contribution >= 4 is 22.5 Å². The van der Waals surface area contributed by atoms with Gasteiger partial charge in [0.05, 0.1) is 18.7 Å². The fourth-order valence-corrected chi connectivity index (χ4v) is 1.73. The Bertz CT molecular complexity index is 557. The van der Waals surface area contributed by atoms with E-state index in [0.29, 0.717) is 13.2 Å². The molecule has 0 saturated carbocycles. The van der Waals surface area contributed by atoms with Crippen molar-refractivity contribution in [1.82, 2.24) is 10.3 Å². The molecule has 0 bridgehead atoms. The largest absolute Gasteiger partial charge is 0.383 e. The average Bonchev–Trinajstić information content (AvgIpc) is 2.43. The summed E-state index contributed by atoms with van der Waals surface area (Å²) >= 11 is 0. The highest BCUT2D eigenvalue weighted by atomic mass is 16.5. The van der Waals surface area contributed by atoms with E-state index in [-0.39, 0.29) is 12.5 Å². The Balaban J connectivity index is 1.91. The van der Waals surface area contributed by atoms with Gasteiger partial charge in [0, 0.05) is 30.9 Å². The van der Waals surface area contributed by atoms with E-state index < -0.39 is 0 Å². The van der Waals surface area contributed by atoms with Gasteiger partial charge in [-0.3, -0.25) is 9.78 Å². The monoisotopic (exact) mass is 259 g/mol. The molecule has 0 saturated heterocycles. The summed E-state index contributed by atoms with van der Waals surface area (Å²) in [6, 6.07) is 9.50. The molecule has 5 nitrogen and oxygen atoms in total. The highest BCUT2D eigenvalue weighted by molar-refractivity contribution is 5.94. The smallest absolute Gasteiger partial charge is 0.238 e. The topological polar surface area (TPSA) is 63.2 Å². The van der Waals surface area contributed by atoms with Crippen molar-refractivity contribution in [2.24, 2.45) is 0 Å². The fourth-order valence-electron chi connectivity index (χ4n) is 1.73. The van der Waals surface area contributed by atoms with Gasteiger partial charge in [0.25, 0.3) is 0 Å². The number of hydrogen-bond donors (Lipinski definition) is 2. The third kappa shape index (κ3) is 4.01. The Hall–Kier alpha value is -1.98. The van der Waals surface area contributed by atoms with Gasteiger partial charge in [-0.15, -0.1) is 0 Å². The molecule has 0 aliphatic carbocycles. The number of benzene rings is 1. The number of carbonyl (C=O) groups is 1. The Morgan fingerprint density at radius 3 is 3.11 bits per heavy atom. The van der Waals surface area contributed by atoms with Gasteiger partial charge in [0.15, 0.2) is 0 Å². The van der Waals surface area contributed by atoms with Gasteiger partial charge in [-0.2, -0.15) is 0 Å². The van der Waals surface area contributed by atoms with E-state index in [1.807, 2.05) is 30.3 Å². The SMILES string of the molecule is COCCNCC(=O)Nc1ccc2ncccc2c1. The van der Waals surface area contributed by atoms with Crippen LogP contribution in [0.25, 0.3) is 10.9 Å². The van der Waals surface area contributed by atoms with Crippen LogP contribution in [0, 0.1) is 0 Å². The molecule has 2 N–H and O–H groups in total. The van der Waals surface area contributed by atoms with E-state index in [4.69, 9.17) is 4.74 Å². The van der Waals surface area contributed by atoms with Crippen LogP contribution in [-0.2, 0) is 9.53 Å². The zero-order chi connectivity index (χ0) is 13.5. The third-order valence-corrected chi connectivity index (χ3v) is 2.66. The highest BCUT2D eigenvalue weighted by Crippen LogP contribution is 2.16. The van der Waals surface area contributed by atoms with Crippen molar-refractivity contribution in [3.63, 3.8) is 0 Å². The van der Waals surface area contributed by atoms with Crippen LogP contribution in [-0.4, -0.2) is 37.7 Å². The summed E-state index contributed by atoms with van der Waals surface area (Å²) in [5, 5.41) is 6.84. The summed E-state index contributed by atoms with van der Waals surface area (Å²) < 4.78 is 4.89. The van der Waals surface area contributed by atoms with Crippen LogP contribution in [0.4, 0.5) is 5.69 Å². The summed E-state index contributed by atoms with van der Waals surface area (Å²) in [4.78, 5) is 15.9. The minimum absolute atomic E-state index is 0.0701. The predicted molar refractivity (Wildman–Crippen MR) is 75.1 cm³/mol. The first-order valence-corrected chi connectivity index (χ1v) is 6.14. The van der Waals surface area contributed by atoms with Gasteiger partial charge in [-0.05, 0) is 24.3 Å². The first-order valence-electron chi connectivity index (χ1n) is 6.14. The van der Waals surface area contributed by atoms with Gasteiger partial charge in [0.1, 0.15) is 0 Å². The maximum Gasteiger partial charge on any atom is 0.238 e. The molecule has 0 aliphatic heterocycles. The van der Waals surface area contributed by atoms with Crippen molar-refractivity contribution in [2.45, 2.75) is 0 Å². The molecule has 2 aromatic rings. The number of rotatable bonds is 6. The van der Waals surface area contributed by atoms with E-state index in [0.717, 1.165) is 16.6 Å². The van der Waals surface area contributed by atoms with Gasteiger partial charge in [-0.25, -0.2) is 0 Å². The van der Waals surface area contributed by atoms with Crippen molar-refractivity contribution in [3.8, 4) is 0 Å². The number of ether oxygens (including phenoxy) is 1. The standard InChI is InChI=1S/C14H17N3O2/c1-19-8-7-15-10-14(18)17-12-4-5-13-11(9-12)3-2-6-16-13/h2-6,9,15H,7-8,10H2,1H3,(H,17,18). The molecule has 0 fully saturated rings. The molecule has 0 atom stereocenters. The van der Waals surface area contributed by atoms with E-state index in [2.05, 4.69) is 15.6 Å². The highest BCUT2D eigenvalue weighted by Gasteiger charge is 2.02. The molecule has 2 rings (SSSR count). The summed E-state index contributed by atoms with van der Waals surface area (Å²) in [5.41, 5.74) is 1.69. The van der Waals surface area contributed by atoms with Gasteiger partial charge in [-0.1, -0.05) is 6.07 Å². The lowest BCUT2D eigenvalue weighted by molar-refractivity contribution is -0.115. The van der Waals surface area contributed by atoms with Gasteiger partial charge >= 0.3 is 0 Å². The number of anilines is 1. The van der Waals surface area contributed by atoms with Crippen LogP contribution >= 0.6 is 0 Å². The van der Waals surface area contributed by atoms with Crippen LogP contribution in [0.15, 0.2) is 36.5 Å². The van der Waals surface area contributed by atoms with E-state index >= 15 is 0 Å². The molecular formula is C14H17N3O2. The summed E-state index contributed by atoms with van der Waals surface area (Å²) in [6.45, 7) is 1.52. The number of nitrogens with one attached hydrogen (secondary N) is 2. The summed E-state index contributed by atoms with van der Waals surface area (Å²) in [7, 11) is 1.63. The number of carbonyl (C=O) groups excluding carboxylic acids is 1. The first kappa shape index (κ1) is 13.5. The van der Waals surface area contributed by atoms with E-state index in [1.54, 1.807) is 13.3 Å². The van der Waals surface area contributed by atoms with Crippen LogP contribution in [0.1, 0.15) is 0 Å². The van der Waals surface area contributed by atoms with Crippen LogP contribution < -0.4 is 10.6 Å². The normalized spacial score (nSPS) is 10.6. The predicted octanol–water partition coefficient (Wildman–Crippen LogP) is 1.41. The number of hydrogen-bond acceptors (Lipinski definition) is 4. The van der Waals surface area contributed by atoms with Crippen LogP contribution in [0.2, 0.25) is 0 Å². The number of nitrogens with zero attached hydrogens (tertiary/aromatic N) is 1. The van der Waals surface area contributed by atoms with Crippen molar-refractivity contribution in [3.05, 3.63) is 36.5 Å². The summed E-state index contributed by atoms with van der Waals surface area (Å²) in [5.74, 6) is -0.0701. The molecule has 1 aromatic heterocycles. The van der Waals surface area contributed by atoms with Gasteiger partial charge < -0.3 is 15.4 Å². The molecule has 0 aliphatic rings. The second-order valence-electron chi connectivity index (χ2n) is 4.13. The molecule has 0 radical (unpaired) electrons. The second-order valence-corrected chi connectivity index (χ2v) is 4.13. The summed E-state index contributed by atoms with van der Waals surface area (Å²) in [6.07, 6.45) is 1.75. The molecule has 0 spiro atoms. The van der Waals surface area contributed by atoms with E-state index in [1.165, 1.54) is 0 Å². The zero-order valence-electron chi connectivity index (χ0n) is 10.8. The van der Waals surface area contributed by atoms with Crippen molar-refractivity contribution < 1.29 is 9.53 Å². The Morgan fingerprint density at radius 1 is 1.37 bits per heavy atom. The number of pyridine rings is 1. The zero-order valence-corrected chi connectivity index (χ0v) is 10.8. The lowest BCUT2D eigenvalue weighted by Crippen LogP contribution is -2.30. The van der Waals surface area contributed by atoms with Crippen LogP contribution in [0.3, 0.4) is 0 Å². The Kier molecular flexibility index (Phi) is 4.83. The average molecular weight is 259 g/mol. The molecule has 5 heteroatoms. The molecule has 1 aromatic carbocycles. The van der Waals surface area contributed by atoms with Crippen molar-refractivity contribution in [1.29, 1.82) is 0 Å². The van der Waals surface area contributed by atoms with Gasteiger partial charge in [0.2, 0.25) is 5.91 Å². The lowest BCUT2D eigenvalue weighted by Gasteiger charge is -2.07. The fraction of sp³-hybridized carbons (Fsp3) is 0.286. The second kappa shape index (κ2) is 6.82. The third-order valence-electron chi connectivity index (χ3n) is 2.66. The minimum atomic E-state index is -0.0701. The molecule has 0 unspecified atom stereocenters. The maximum atomic E-state index is 11.7. The Labute approximate surface area is 112 Å². The molecule has 19 heavy (non-hydrogen) atoms. The maximum absolute atomic E-state index is 11.7. The lowest BCUT2D eigenvalue weighted by atomic mass is 10.2. The number of fused-ring (bicyclic) bond motifs is 1.